The van der Waals surface area contributed by atoms with E-state index in [4.69, 9.17) is 8.53 Å². The second-order valence-corrected chi connectivity index (χ2v) is 7.99. The molecular weight excluding hydrogens is 392 g/mol. The van der Waals surface area contributed by atoms with Crippen LogP contribution >= 0.6 is 0 Å². The summed E-state index contributed by atoms with van der Waals surface area (Å²) >= 11 is 0. The van der Waals surface area contributed by atoms with E-state index >= 15 is 0 Å². The molecular formula is C23H24N6O2. The van der Waals surface area contributed by atoms with Gasteiger partial charge >= 0.3 is 0 Å². The Kier molecular flexibility index (Phi) is 4.23. The van der Waals surface area contributed by atoms with E-state index in [1.54, 1.807) is 18.3 Å². The number of rotatable bonds is 5. The van der Waals surface area contributed by atoms with Crippen LogP contribution < -0.4 is 0 Å². The topological polar surface area (TPSA) is 89.9 Å². The van der Waals surface area contributed by atoms with Crippen LogP contribution in [-0.4, -0.2) is 55.6 Å². The second-order valence-electron chi connectivity index (χ2n) is 7.99. The molecule has 0 aromatic carbocycles. The molecule has 158 valence electrons. The van der Waals surface area contributed by atoms with E-state index in [9.17, 15) is 4.79 Å². The van der Waals surface area contributed by atoms with Crippen LogP contribution in [0, 0.1) is 0 Å². The number of hydrogen-bond acceptors (Lipinski definition) is 7. The van der Waals surface area contributed by atoms with Crippen molar-refractivity contribution in [1.29, 1.82) is 0 Å². The minimum atomic E-state index is -2.35. The predicted molar refractivity (Wildman–Crippen MR) is 116 cm³/mol. The van der Waals surface area contributed by atoms with Gasteiger partial charge in [0.15, 0.2) is 11.7 Å². The Bertz CT molecular complexity index is 1340. The molecule has 0 amide bonds. The molecule has 8 heteroatoms. The maximum absolute atomic E-state index is 12.8. The summed E-state index contributed by atoms with van der Waals surface area (Å²) in [7, 11) is 2.10. The molecule has 4 aromatic heterocycles. The summed E-state index contributed by atoms with van der Waals surface area (Å²) in [6.07, 6.45) is 8.05. The number of aryl methyl sites for hydroxylation is 1. The number of hydrogen-bond donors (Lipinski definition) is 0. The van der Waals surface area contributed by atoms with Gasteiger partial charge in [0.05, 0.1) is 29.5 Å². The number of likely N-dealkylation sites (tertiary alicyclic amines) is 1. The number of piperidine rings is 1. The van der Waals surface area contributed by atoms with Gasteiger partial charge in [0, 0.05) is 40.3 Å². The summed E-state index contributed by atoms with van der Waals surface area (Å²) in [6, 6.07) is 5.41. The van der Waals surface area contributed by atoms with Crippen molar-refractivity contribution in [2.24, 2.45) is 6.98 Å². The lowest BCUT2D eigenvalue weighted by molar-refractivity contribution is 0.0987. The molecule has 0 unspecified atom stereocenters. The van der Waals surface area contributed by atoms with Crippen LogP contribution in [-0.2, 0) is 13.4 Å². The molecule has 5 heterocycles. The number of carbonyl (C=O) groups is 1. The standard InChI is InChI=1S/C23H24N6O2/c1-28-7-5-15(6-8-28)23-27-21(14-31-23)22(30)10-18-9-20-16(11-24-18)3-4-19(26-20)17-12-25-29(2)13-17/h3-4,9,11-15H,5-8,10H2,1-2H3/i2D3. The smallest absolute Gasteiger partial charge is 0.197 e. The van der Waals surface area contributed by atoms with Crippen LogP contribution in [0.15, 0.2) is 47.5 Å². The van der Waals surface area contributed by atoms with E-state index in [0.717, 1.165) is 36.0 Å². The summed E-state index contributed by atoms with van der Waals surface area (Å²) < 4.78 is 29.0. The Morgan fingerprint density at radius 3 is 2.94 bits per heavy atom. The first kappa shape index (κ1) is 16.3. The van der Waals surface area contributed by atoms with Crippen molar-refractivity contribution in [2.75, 3.05) is 20.1 Å². The summed E-state index contributed by atoms with van der Waals surface area (Å²) in [5, 5.41) is 4.73. The van der Waals surface area contributed by atoms with E-state index in [0.29, 0.717) is 34.1 Å². The summed E-state index contributed by atoms with van der Waals surface area (Å²) in [5.41, 5.74) is 2.73. The van der Waals surface area contributed by atoms with Gasteiger partial charge in [0.25, 0.3) is 0 Å². The Morgan fingerprint density at radius 1 is 1.26 bits per heavy atom. The van der Waals surface area contributed by atoms with Crippen molar-refractivity contribution in [3.8, 4) is 11.3 Å². The SMILES string of the molecule is [2H]C([2H])([2H])n1cc(-c2ccc3cnc(CC(=O)c4coc(C5CCN(C)CC5)n4)cc3n2)cn1. The van der Waals surface area contributed by atoms with E-state index < -0.39 is 6.98 Å². The number of ketones is 1. The number of pyridine rings is 2. The molecule has 1 aliphatic rings. The molecule has 5 rings (SSSR count). The van der Waals surface area contributed by atoms with E-state index in [-0.39, 0.29) is 18.1 Å². The van der Waals surface area contributed by atoms with Crippen LogP contribution in [0.2, 0.25) is 0 Å². The summed E-state index contributed by atoms with van der Waals surface area (Å²) in [6.45, 7) is -0.368. The molecule has 8 nitrogen and oxygen atoms in total. The Hall–Kier alpha value is -3.39. The Morgan fingerprint density at radius 2 is 2.13 bits per heavy atom. The zero-order chi connectivity index (χ0) is 23.9. The quantitative estimate of drug-likeness (QED) is 0.459. The third-order valence-electron chi connectivity index (χ3n) is 5.73. The number of carbonyl (C=O) groups excluding carboxylic acids is 1. The number of nitrogens with zero attached hydrogens (tertiary/aromatic N) is 6. The van der Waals surface area contributed by atoms with Gasteiger partial charge in [0.1, 0.15) is 12.0 Å². The fourth-order valence-corrected chi connectivity index (χ4v) is 3.88. The largest absolute Gasteiger partial charge is 0.448 e. The van der Waals surface area contributed by atoms with Gasteiger partial charge in [0.2, 0.25) is 0 Å². The van der Waals surface area contributed by atoms with Crippen LogP contribution in [0.5, 0.6) is 0 Å². The van der Waals surface area contributed by atoms with Crippen LogP contribution in [0.1, 0.15) is 44.9 Å². The van der Waals surface area contributed by atoms with E-state index in [1.165, 1.54) is 18.7 Å². The van der Waals surface area contributed by atoms with Gasteiger partial charge < -0.3 is 9.32 Å². The van der Waals surface area contributed by atoms with Crippen LogP contribution in [0.3, 0.4) is 0 Å². The minimum absolute atomic E-state index is 0.0816. The molecule has 0 radical (unpaired) electrons. The van der Waals surface area contributed by atoms with Crippen LogP contribution in [0.25, 0.3) is 22.2 Å². The highest BCUT2D eigenvalue weighted by atomic mass is 16.3. The zero-order valence-corrected chi connectivity index (χ0v) is 17.2. The molecule has 1 aliphatic heterocycles. The van der Waals surface area contributed by atoms with E-state index in [2.05, 4.69) is 32.0 Å². The Balaban J connectivity index is 1.33. The average molecular weight is 420 g/mol. The van der Waals surface area contributed by atoms with Crippen molar-refractivity contribution in [1.82, 2.24) is 29.6 Å². The molecule has 1 saturated heterocycles. The fourth-order valence-electron chi connectivity index (χ4n) is 3.88. The van der Waals surface area contributed by atoms with Crippen LogP contribution in [0.4, 0.5) is 0 Å². The first-order valence-electron chi connectivity index (χ1n) is 11.7. The minimum Gasteiger partial charge on any atom is -0.448 e. The first-order chi connectivity index (χ1) is 16.3. The normalized spacial score (nSPS) is 17.4. The highest BCUT2D eigenvalue weighted by molar-refractivity contribution is 5.95. The highest BCUT2D eigenvalue weighted by Crippen LogP contribution is 2.27. The van der Waals surface area contributed by atoms with Gasteiger partial charge in [-0.15, -0.1) is 0 Å². The van der Waals surface area contributed by atoms with Crippen molar-refractivity contribution in [2.45, 2.75) is 25.2 Å². The Labute approximate surface area is 184 Å². The average Bonchev–Trinajstić information content (AvgIpc) is 3.49. The van der Waals surface area contributed by atoms with Crippen molar-refractivity contribution in [3.63, 3.8) is 0 Å². The number of fused-ring (bicyclic) bond motifs is 1. The monoisotopic (exact) mass is 419 g/mol. The number of Topliss-reactive ketones (excluding diaryl/α,β-unsaturated/α-hetero) is 1. The maximum atomic E-state index is 12.8. The molecule has 1 fully saturated rings. The molecule has 4 aromatic rings. The van der Waals surface area contributed by atoms with Gasteiger partial charge in [-0.1, -0.05) is 0 Å². The molecule has 31 heavy (non-hydrogen) atoms. The van der Waals surface area contributed by atoms with Gasteiger partial charge in [-0.25, -0.2) is 9.97 Å². The van der Waals surface area contributed by atoms with E-state index in [1.807, 2.05) is 6.07 Å². The van der Waals surface area contributed by atoms with Crippen molar-refractivity contribution < 1.29 is 13.3 Å². The number of oxazole rings is 1. The molecule has 0 saturated carbocycles. The number of aromatic nitrogens is 5. The molecule has 0 atom stereocenters. The van der Waals surface area contributed by atoms with Gasteiger partial charge in [-0.2, -0.15) is 5.10 Å². The third kappa shape index (κ3) is 4.11. The third-order valence-corrected chi connectivity index (χ3v) is 5.73. The summed E-state index contributed by atoms with van der Waals surface area (Å²) in [4.78, 5) is 28.6. The molecule has 0 aliphatic carbocycles. The highest BCUT2D eigenvalue weighted by Gasteiger charge is 2.24. The van der Waals surface area contributed by atoms with Crippen molar-refractivity contribution in [3.05, 3.63) is 60.3 Å². The zero-order valence-electron chi connectivity index (χ0n) is 20.2. The molecule has 0 spiro atoms. The lowest BCUT2D eigenvalue weighted by Gasteiger charge is -2.26. The van der Waals surface area contributed by atoms with Crippen molar-refractivity contribution >= 4 is 16.7 Å². The maximum Gasteiger partial charge on any atom is 0.197 e. The predicted octanol–water partition coefficient (Wildman–Crippen LogP) is 3.25. The molecule has 0 N–H and O–H groups in total. The summed E-state index contributed by atoms with van der Waals surface area (Å²) in [5.74, 6) is 0.713. The van der Waals surface area contributed by atoms with Gasteiger partial charge in [-0.05, 0) is 51.2 Å². The second kappa shape index (κ2) is 8.03. The first-order valence-corrected chi connectivity index (χ1v) is 10.2. The lowest BCUT2D eigenvalue weighted by Crippen LogP contribution is -2.29. The van der Waals surface area contributed by atoms with Gasteiger partial charge in [-0.3, -0.25) is 14.5 Å². The lowest BCUT2D eigenvalue weighted by atomic mass is 9.97. The fraction of sp³-hybridized carbons (Fsp3) is 0.348. The molecule has 0 bridgehead atoms.